The van der Waals surface area contributed by atoms with Gasteiger partial charge in [0.15, 0.2) is 11.9 Å². The Morgan fingerprint density at radius 2 is 2.12 bits per heavy atom. The monoisotopic (exact) mass is 223 g/mol. The van der Waals surface area contributed by atoms with Crippen molar-refractivity contribution in [3.63, 3.8) is 0 Å². The maximum Gasteiger partial charge on any atom is 0.200 e. The number of furan rings is 1. The van der Waals surface area contributed by atoms with Crippen molar-refractivity contribution < 1.29 is 4.42 Å². The lowest BCUT2D eigenvalue weighted by Gasteiger charge is -2.26. The van der Waals surface area contributed by atoms with E-state index in [4.69, 9.17) is 21.0 Å². The molecule has 0 bridgehead atoms. The molecule has 0 radical (unpaired) electrons. The van der Waals surface area contributed by atoms with E-state index in [0.29, 0.717) is 6.54 Å². The van der Waals surface area contributed by atoms with Gasteiger partial charge in [0.25, 0.3) is 0 Å². The van der Waals surface area contributed by atoms with Crippen LogP contribution in [-0.4, -0.2) is 42.4 Å². The van der Waals surface area contributed by atoms with E-state index in [1.165, 1.54) is 4.90 Å². The van der Waals surface area contributed by atoms with E-state index in [2.05, 4.69) is 0 Å². The molecule has 0 amide bonds. The van der Waals surface area contributed by atoms with Crippen LogP contribution in [0.1, 0.15) is 5.56 Å². The maximum absolute atomic E-state index is 7.77. The Bertz CT molecular complexity index is 359. The summed E-state index contributed by atoms with van der Waals surface area (Å²) in [6, 6.07) is 1.89. The summed E-state index contributed by atoms with van der Waals surface area (Å²) in [5, 5.41) is 15.0. The average molecular weight is 223 g/mol. The number of nitrogens with two attached hydrogens (primary N) is 1. The molecule has 1 heterocycles. The van der Waals surface area contributed by atoms with Crippen molar-refractivity contribution in [2.24, 2.45) is 5.73 Å². The molecule has 4 N–H and O–H groups in total. The Hall–Kier alpha value is -1.98. The van der Waals surface area contributed by atoms with Gasteiger partial charge < -0.3 is 15.1 Å². The molecule has 6 nitrogen and oxygen atoms in total. The third-order valence-corrected chi connectivity index (χ3v) is 2.36. The standard InChI is InChI=1S/C10H17N5O/c1-14(10(13)15(2)9(11)12)5-3-8-4-6-16-7-8/h4,6-7,13H,3,5H2,1-2H3,(H3,11,12). The average Bonchev–Trinajstić information content (AvgIpc) is 2.76. The van der Waals surface area contributed by atoms with Gasteiger partial charge >= 0.3 is 0 Å². The molecule has 0 saturated carbocycles. The molecule has 88 valence electrons. The van der Waals surface area contributed by atoms with Gasteiger partial charge in [-0.2, -0.15) is 0 Å². The topological polar surface area (TPSA) is 93.3 Å². The van der Waals surface area contributed by atoms with Crippen LogP contribution < -0.4 is 5.73 Å². The first-order valence-corrected chi connectivity index (χ1v) is 4.91. The second-order valence-electron chi connectivity index (χ2n) is 3.57. The van der Waals surface area contributed by atoms with Crippen LogP contribution >= 0.6 is 0 Å². The van der Waals surface area contributed by atoms with Gasteiger partial charge in [0.1, 0.15) is 0 Å². The molecule has 0 fully saturated rings. The van der Waals surface area contributed by atoms with E-state index in [1.54, 1.807) is 31.5 Å². The minimum absolute atomic E-state index is 0.139. The van der Waals surface area contributed by atoms with Crippen molar-refractivity contribution in [1.82, 2.24) is 9.80 Å². The molecule has 0 aliphatic rings. The number of hydrogen-bond acceptors (Lipinski definition) is 3. The number of rotatable bonds is 3. The van der Waals surface area contributed by atoms with Gasteiger partial charge in [-0.3, -0.25) is 15.7 Å². The fraction of sp³-hybridized carbons (Fsp3) is 0.400. The minimum atomic E-state index is -0.139. The Kier molecular flexibility index (Phi) is 3.93. The quantitative estimate of drug-likeness (QED) is 0.514. The van der Waals surface area contributed by atoms with Crippen LogP contribution in [0.2, 0.25) is 0 Å². The third-order valence-electron chi connectivity index (χ3n) is 2.36. The molecule has 1 aromatic heterocycles. The van der Waals surface area contributed by atoms with Crippen LogP contribution in [0, 0.1) is 10.8 Å². The summed E-state index contributed by atoms with van der Waals surface area (Å²) in [7, 11) is 3.39. The summed E-state index contributed by atoms with van der Waals surface area (Å²) in [4.78, 5) is 3.05. The van der Waals surface area contributed by atoms with Gasteiger partial charge in [-0.1, -0.05) is 0 Å². The van der Waals surface area contributed by atoms with Crippen LogP contribution in [-0.2, 0) is 6.42 Å². The van der Waals surface area contributed by atoms with Gasteiger partial charge in [-0.05, 0) is 18.1 Å². The minimum Gasteiger partial charge on any atom is -0.472 e. The van der Waals surface area contributed by atoms with Gasteiger partial charge in [0, 0.05) is 20.6 Å². The van der Waals surface area contributed by atoms with Crippen LogP contribution in [0.4, 0.5) is 0 Å². The highest BCUT2D eigenvalue weighted by molar-refractivity contribution is 5.94. The zero-order valence-corrected chi connectivity index (χ0v) is 9.53. The fourth-order valence-corrected chi connectivity index (χ4v) is 1.21. The van der Waals surface area contributed by atoms with Crippen molar-refractivity contribution in [2.75, 3.05) is 20.6 Å². The molecule has 0 aliphatic carbocycles. The van der Waals surface area contributed by atoms with E-state index in [9.17, 15) is 0 Å². The van der Waals surface area contributed by atoms with Crippen LogP contribution in [0.25, 0.3) is 0 Å². The molecule has 0 spiro atoms. The Morgan fingerprint density at radius 3 is 2.62 bits per heavy atom. The third kappa shape index (κ3) is 3.01. The summed E-state index contributed by atoms with van der Waals surface area (Å²) in [5.41, 5.74) is 6.38. The molecule has 0 aliphatic heterocycles. The largest absolute Gasteiger partial charge is 0.472 e. The summed E-state index contributed by atoms with van der Waals surface area (Å²) >= 11 is 0. The molecule has 0 atom stereocenters. The lowest BCUT2D eigenvalue weighted by Crippen LogP contribution is -2.46. The first-order chi connectivity index (χ1) is 7.52. The number of guanidine groups is 2. The zero-order chi connectivity index (χ0) is 12.1. The highest BCUT2D eigenvalue weighted by Gasteiger charge is 2.11. The molecular formula is C10H17N5O. The lowest BCUT2D eigenvalue weighted by atomic mass is 10.2. The van der Waals surface area contributed by atoms with Crippen molar-refractivity contribution in [2.45, 2.75) is 6.42 Å². The normalized spacial score (nSPS) is 9.88. The first-order valence-electron chi connectivity index (χ1n) is 4.91. The summed E-state index contributed by atoms with van der Waals surface area (Å²) in [6.45, 7) is 0.677. The molecule has 6 heteroatoms. The molecular weight excluding hydrogens is 206 g/mol. The molecule has 16 heavy (non-hydrogen) atoms. The van der Waals surface area contributed by atoms with Crippen molar-refractivity contribution in [3.8, 4) is 0 Å². The van der Waals surface area contributed by atoms with Crippen molar-refractivity contribution in [1.29, 1.82) is 10.8 Å². The van der Waals surface area contributed by atoms with E-state index in [-0.39, 0.29) is 11.9 Å². The van der Waals surface area contributed by atoms with Gasteiger partial charge in [0.2, 0.25) is 0 Å². The second-order valence-corrected chi connectivity index (χ2v) is 3.57. The number of nitrogens with one attached hydrogen (secondary N) is 2. The van der Waals surface area contributed by atoms with E-state index in [1.807, 2.05) is 6.07 Å². The van der Waals surface area contributed by atoms with Gasteiger partial charge in [-0.25, -0.2) is 0 Å². The lowest BCUT2D eigenvalue weighted by molar-refractivity contribution is 0.447. The predicted octanol–water partition coefficient (Wildman–Crippen LogP) is 0.514. The van der Waals surface area contributed by atoms with Gasteiger partial charge in [-0.15, -0.1) is 0 Å². The van der Waals surface area contributed by atoms with Crippen molar-refractivity contribution in [3.05, 3.63) is 24.2 Å². The highest BCUT2D eigenvalue weighted by Crippen LogP contribution is 2.02. The van der Waals surface area contributed by atoms with Crippen LogP contribution in [0.3, 0.4) is 0 Å². The summed E-state index contributed by atoms with van der Waals surface area (Å²) in [5.74, 6) is 0.0659. The van der Waals surface area contributed by atoms with E-state index < -0.39 is 0 Å². The summed E-state index contributed by atoms with van der Waals surface area (Å²) < 4.78 is 4.96. The van der Waals surface area contributed by atoms with E-state index in [0.717, 1.165) is 12.0 Å². The van der Waals surface area contributed by atoms with Crippen LogP contribution in [0.5, 0.6) is 0 Å². The molecule has 0 unspecified atom stereocenters. The number of likely N-dealkylation sites (N-methyl/N-ethyl adjacent to an activating group) is 1. The molecule has 1 aromatic rings. The Labute approximate surface area is 94.6 Å². The number of hydrogen-bond donors (Lipinski definition) is 3. The Balaban J connectivity index is 2.43. The van der Waals surface area contributed by atoms with Crippen LogP contribution in [0.15, 0.2) is 23.0 Å². The SMILES string of the molecule is CN(CCc1ccoc1)C(=N)N(C)C(=N)N. The summed E-state index contributed by atoms with van der Waals surface area (Å²) in [6.07, 6.45) is 4.11. The fourth-order valence-electron chi connectivity index (χ4n) is 1.21. The van der Waals surface area contributed by atoms with Gasteiger partial charge in [0.05, 0.1) is 12.5 Å². The molecule has 1 rings (SSSR count). The zero-order valence-electron chi connectivity index (χ0n) is 9.53. The van der Waals surface area contributed by atoms with Crippen molar-refractivity contribution >= 4 is 11.9 Å². The Morgan fingerprint density at radius 1 is 1.44 bits per heavy atom. The maximum atomic E-state index is 7.77. The smallest absolute Gasteiger partial charge is 0.200 e. The molecule has 0 saturated heterocycles. The molecule has 0 aromatic carbocycles. The van der Waals surface area contributed by atoms with E-state index >= 15 is 0 Å². The highest BCUT2D eigenvalue weighted by atomic mass is 16.3. The first kappa shape index (κ1) is 12.1. The number of nitrogens with zero attached hydrogens (tertiary/aromatic N) is 2. The second kappa shape index (κ2) is 5.20. The predicted molar refractivity (Wildman–Crippen MR) is 62.4 cm³/mol.